The normalized spacial score (nSPS) is 12.9. The van der Waals surface area contributed by atoms with E-state index >= 15 is 0 Å². The second-order valence-corrected chi connectivity index (χ2v) is 13.0. The molecule has 3 aromatic heterocycles. The third-order valence-corrected chi connectivity index (χ3v) is 10.1. The monoisotopic (exact) mass is 653 g/mol. The fraction of sp³-hybridized carbons (Fsp3) is 0.0213. The zero-order valence-electron chi connectivity index (χ0n) is 28.0. The van der Waals surface area contributed by atoms with Crippen LogP contribution in [0.25, 0.3) is 95.5 Å². The van der Waals surface area contributed by atoms with Crippen molar-refractivity contribution in [3.8, 4) is 28.2 Å². The summed E-state index contributed by atoms with van der Waals surface area (Å²) in [4.78, 5) is 10.5. The van der Waals surface area contributed by atoms with Crippen LogP contribution in [0.15, 0.2) is 156 Å². The van der Waals surface area contributed by atoms with Crippen molar-refractivity contribution >= 4 is 67.3 Å². The SMILES string of the molecule is C=c1cccc/c1=c1/c(=C\C)n(-c2cccc(-c3nc4ccccc4nc3-c3ccc4oc5ccccc5c4c3)c2)c2ccc3ccccc3c12. The first-order valence-electron chi connectivity index (χ1n) is 17.2. The fourth-order valence-corrected chi connectivity index (χ4v) is 7.74. The minimum atomic E-state index is 0.829. The van der Waals surface area contributed by atoms with Gasteiger partial charge in [-0.05, 0) is 82.7 Å². The Morgan fingerprint density at radius 3 is 2.08 bits per heavy atom. The van der Waals surface area contributed by atoms with Crippen LogP contribution in [0.4, 0.5) is 0 Å². The Morgan fingerprint density at radius 2 is 1.27 bits per heavy atom. The van der Waals surface area contributed by atoms with E-state index in [1.807, 2.05) is 48.5 Å². The predicted octanol–water partition coefficient (Wildman–Crippen LogP) is 10.5. The highest BCUT2D eigenvalue weighted by molar-refractivity contribution is 6.08. The molecule has 3 heterocycles. The van der Waals surface area contributed by atoms with Crippen LogP contribution in [0.5, 0.6) is 0 Å². The van der Waals surface area contributed by atoms with Crippen molar-refractivity contribution in [1.29, 1.82) is 0 Å². The second kappa shape index (κ2) is 11.4. The average molecular weight is 654 g/mol. The summed E-state index contributed by atoms with van der Waals surface area (Å²) in [5, 5.41) is 10.2. The van der Waals surface area contributed by atoms with E-state index in [-0.39, 0.29) is 0 Å². The Balaban J connectivity index is 1.27. The van der Waals surface area contributed by atoms with E-state index in [1.165, 1.54) is 21.4 Å². The number of rotatable bonds is 3. The molecule has 7 aromatic carbocycles. The number of aromatic nitrogens is 3. The number of furan rings is 1. The van der Waals surface area contributed by atoms with E-state index in [9.17, 15) is 0 Å². The summed E-state index contributed by atoms with van der Waals surface area (Å²) >= 11 is 0. The summed E-state index contributed by atoms with van der Waals surface area (Å²) in [6.07, 6.45) is 2.22. The lowest BCUT2D eigenvalue weighted by molar-refractivity contribution is 0.669. The molecule has 51 heavy (non-hydrogen) atoms. The van der Waals surface area contributed by atoms with Crippen molar-refractivity contribution in [2.75, 3.05) is 0 Å². The maximum atomic E-state index is 6.17. The molecule has 4 heteroatoms. The standard InChI is InChI=1S/C47H31N3O/c1-3-40-44(34-17-6-4-13-29(34)2)45-35-18-7-5-14-30(35)23-25-41(45)50(40)33-16-12-15-31(27-33)46-47(49-39-21-10-9-20-38(39)48-46)32-24-26-43-37(28-32)36-19-8-11-22-42(36)51-43/h3-28H,2H2,1H3/b40-3+,44-34+. The van der Waals surface area contributed by atoms with E-state index in [1.54, 1.807) is 0 Å². The van der Waals surface area contributed by atoms with E-state index < -0.39 is 0 Å². The third-order valence-electron chi connectivity index (χ3n) is 10.1. The van der Waals surface area contributed by atoms with Gasteiger partial charge in [-0.1, -0.05) is 110 Å². The largest absolute Gasteiger partial charge is 0.456 e. The molecule has 0 bridgehead atoms. The zero-order chi connectivity index (χ0) is 34.1. The molecule has 10 aromatic rings. The van der Waals surface area contributed by atoms with Crippen LogP contribution in [0.1, 0.15) is 6.92 Å². The quantitative estimate of drug-likeness (QED) is 0.191. The molecular weight excluding hydrogens is 623 g/mol. The summed E-state index contributed by atoms with van der Waals surface area (Å²) in [5.74, 6) is 0. The maximum Gasteiger partial charge on any atom is 0.135 e. The van der Waals surface area contributed by atoms with Gasteiger partial charge in [0.25, 0.3) is 0 Å². The molecule has 0 saturated heterocycles. The molecule has 0 radical (unpaired) electrons. The minimum absolute atomic E-state index is 0.829. The van der Waals surface area contributed by atoms with Crippen molar-refractivity contribution in [2.45, 2.75) is 6.92 Å². The number of fused-ring (bicyclic) bond motifs is 7. The molecule has 0 unspecified atom stereocenters. The van der Waals surface area contributed by atoms with Gasteiger partial charge in [0.05, 0.1) is 33.3 Å². The van der Waals surface area contributed by atoms with Crippen LogP contribution in [0.2, 0.25) is 0 Å². The molecule has 0 amide bonds. The molecule has 0 aliphatic heterocycles. The fourth-order valence-electron chi connectivity index (χ4n) is 7.74. The van der Waals surface area contributed by atoms with Crippen LogP contribution >= 0.6 is 0 Å². The summed E-state index contributed by atoms with van der Waals surface area (Å²) < 4.78 is 8.55. The van der Waals surface area contributed by atoms with E-state index in [4.69, 9.17) is 14.4 Å². The molecule has 0 N–H and O–H groups in total. The number of benzene rings is 7. The summed E-state index contributed by atoms with van der Waals surface area (Å²) in [7, 11) is 0. The van der Waals surface area contributed by atoms with Crippen molar-refractivity contribution < 1.29 is 4.42 Å². The number of para-hydroxylation sites is 3. The Morgan fingerprint density at radius 1 is 0.588 bits per heavy atom. The average Bonchev–Trinajstić information content (AvgIpc) is 3.73. The Labute approximate surface area is 293 Å². The highest BCUT2D eigenvalue weighted by Gasteiger charge is 2.18. The Bertz CT molecular complexity index is 3240. The lowest BCUT2D eigenvalue weighted by atomic mass is 10.0. The van der Waals surface area contributed by atoms with Crippen molar-refractivity contribution in [1.82, 2.24) is 14.5 Å². The third kappa shape index (κ3) is 4.54. The van der Waals surface area contributed by atoms with Gasteiger partial charge in [-0.15, -0.1) is 0 Å². The summed E-state index contributed by atoms with van der Waals surface area (Å²) in [6.45, 7) is 6.57. The van der Waals surface area contributed by atoms with Gasteiger partial charge in [-0.3, -0.25) is 0 Å². The topological polar surface area (TPSA) is 43.9 Å². The Kier molecular flexibility index (Phi) is 6.52. The first-order chi connectivity index (χ1) is 25.2. The molecule has 0 aliphatic rings. The first kappa shape index (κ1) is 29.2. The molecule has 240 valence electrons. The van der Waals surface area contributed by atoms with Gasteiger partial charge in [-0.2, -0.15) is 0 Å². The van der Waals surface area contributed by atoms with Crippen LogP contribution < -0.4 is 10.6 Å². The van der Waals surface area contributed by atoms with Crippen molar-refractivity contribution in [3.63, 3.8) is 0 Å². The van der Waals surface area contributed by atoms with Gasteiger partial charge < -0.3 is 8.98 Å². The number of hydrogen-bond donors (Lipinski definition) is 0. The van der Waals surface area contributed by atoms with Crippen molar-refractivity contribution in [3.05, 3.63) is 173 Å². The highest BCUT2D eigenvalue weighted by Crippen LogP contribution is 2.37. The summed E-state index contributed by atoms with van der Waals surface area (Å²) in [5.41, 5.74) is 9.25. The maximum absolute atomic E-state index is 6.17. The lowest BCUT2D eigenvalue weighted by Gasteiger charge is -2.13. The van der Waals surface area contributed by atoms with Crippen LogP contribution in [-0.4, -0.2) is 14.5 Å². The highest BCUT2D eigenvalue weighted by atomic mass is 16.3. The predicted molar refractivity (Wildman–Crippen MR) is 211 cm³/mol. The van der Waals surface area contributed by atoms with Gasteiger partial charge in [-0.25, -0.2) is 9.97 Å². The molecule has 0 atom stereocenters. The van der Waals surface area contributed by atoms with Crippen LogP contribution in [0, 0.1) is 10.4 Å². The second-order valence-electron chi connectivity index (χ2n) is 13.0. The van der Waals surface area contributed by atoms with E-state index in [0.717, 1.165) is 82.5 Å². The number of hydrogen-bond acceptors (Lipinski definition) is 3. The van der Waals surface area contributed by atoms with Gasteiger partial charge >= 0.3 is 0 Å². The smallest absolute Gasteiger partial charge is 0.135 e. The van der Waals surface area contributed by atoms with Gasteiger partial charge in [0.15, 0.2) is 0 Å². The minimum Gasteiger partial charge on any atom is -0.456 e. The van der Waals surface area contributed by atoms with E-state index in [2.05, 4.69) is 127 Å². The molecule has 4 nitrogen and oxygen atoms in total. The molecule has 0 fully saturated rings. The van der Waals surface area contributed by atoms with Gasteiger partial charge in [0, 0.05) is 38.2 Å². The molecular formula is C47H31N3O. The Hall–Kier alpha value is -6.78. The van der Waals surface area contributed by atoms with Crippen LogP contribution in [0.3, 0.4) is 0 Å². The zero-order valence-corrected chi connectivity index (χ0v) is 28.0. The summed E-state index contributed by atoms with van der Waals surface area (Å²) in [6, 6.07) is 52.8. The molecule has 0 saturated carbocycles. The molecule has 0 spiro atoms. The van der Waals surface area contributed by atoms with E-state index in [0.29, 0.717) is 0 Å². The van der Waals surface area contributed by atoms with Crippen LogP contribution in [-0.2, 0) is 0 Å². The first-order valence-corrected chi connectivity index (χ1v) is 17.2. The molecule has 10 rings (SSSR count). The van der Waals surface area contributed by atoms with Crippen molar-refractivity contribution in [2.24, 2.45) is 0 Å². The van der Waals surface area contributed by atoms with Gasteiger partial charge in [0.1, 0.15) is 11.2 Å². The van der Waals surface area contributed by atoms with Gasteiger partial charge in [0.2, 0.25) is 0 Å². The lowest BCUT2D eigenvalue weighted by Crippen LogP contribution is -2.16. The molecule has 0 aliphatic carbocycles. The number of nitrogens with zero attached hydrogens (tertiary/aromatic N) is 3.